The molecule has 0 saturated heterocycles. The third-order valence-electron chi connectivity index (χ3n) is 2.63. The van der Waals surface area contributed by atoms with E-state index in [-0.39, 0.29) is 0 Å². The van der Waals surface area contributed by atoms with Crippen LogP contribution in [0.2, 0.25) is 5.02 Å². The molecule has 0 aliphatic rings. The molecular weight excluding hydrogens is 272 g/mol. The van der Waals surface area contributed by atoms with Crippen LogP contribution in [0, 0.1) is 13.8 Å². The molecule has 0 saturated carbocycles. The van der Waals surface area contributed by atoms with E-state index in [1.807, 2.05) is 26.0 Å². The third kappa shape index (κ3) is 5.35. The summed E-state index contributed by atoms with van der Waals surface area (Å²) in [5.74, 6) is 0. The number of sulfonamides is 1. The fourth-order valence-electron chi connectivity index (χ4n) is 1.76. The fourth-order valence-corrected chi connectivity index (χ4v) is 2.56. The standard InChI is InChI=1S/C12H19ClN2O2S/c1-9-6-11(13)7-10(2)12(9)8-14-4-5-15-18(3,16)17/h6-7,14-15H,4-5,8H2,1-3H3. The number of hydrogen-bond donors (Lipinski definition) is 2. The van der Waals surface area contributed by atoms with Crippen LogP contribution in [0.3, 0.4) is 0 Å². The van der Waals surface area contributed by atoms with Gasteiger partial charge in [-0.1, -0.05) is 11.6 Å². The number of rotatable bonds is 6. The Kier molecular flexibility index (Phi) is 5.59. The summed E-state index contributed by atoms with van der Waals surface area (Å²) in [4.78, 5) is 0. The maximum atomic E-state index is 10.9. The highest BCUT2D eigenvalue weighted by molar-refractivity contribution is 7.88. The molecule has 0 heterocycles. The minimum absolute atomic E-state index is 0.393. The molecule has 0 radical (unpaired) electrons. The summed E-state index contributed by atoms with van der Waals surface area (Å²) in [5.41, 5.74) is 3.49. The molecule has 102 valence electrons. The number of benzene rings is 1. The first-order chi connectivity index (χ1) is 8.29. The van der Waals surface area contributed by atoms with Crippen LogP contribution in [0.25, 0.3) is 0 Å². The van der Waals surface area contributed by atoms with Crippen molar-refractivity contribution in [1.29, 1.82) is 0 Å². The Morgan fingerprint density at radius 1 is 1.17 bits per heavy atom. The van der Waals surface area contributed by atoms with Gasteiger partial charge in [0.25, 0.3) is 0 Å². The predicted molar refractivity (Wildman–Crippen MR) is 75.5 cm³/mol. The van der Waals surface area contributed by atoms with Crippen LogP contribution < -0.4 is 10.0 Å². The topological polar surface area (TPSA) is 58.2 Å². The summed E-state index contributed by atoms with van der Waals surface area (Å²) < 4.78 is 24.1. The van der Waals surface area contributed by atoms with Crippen LogP contribution >= 0.6 is 11.6 Å². The van der Waals surface area contributed by atoms with E-state index in [1.165, 1.54) is 5.56 Å². The average molecular weight is 291 g/mol. The van der Waals surface area contributed by atoms with Crippen LogP contribution in [-0.2, 0) is 16.6 Å². The number of aryl methyl sites for hydroxylation is 2. The summed E-state index contributed by atoms with van der Waals surface area (Å²) in [6.07, 6.45) is 1.15. The molecule has 18 heavy (non-hydrogen) atoms. The normalized spacial score (nSPS) is 11.8. The Morgan fingerprint density at radius 3 is 2.22 bits per heavy atom. The van der Waals surface area contributed by atoms with Crippen molar-refractivity contribution in [1.82, 2.24) is 10.0 Å². The molecule has 0 unspecified atom stereocenters. The van der Waals surface area contributed by atoms with Crippen LogP contribution in [0.15, 0.2) is 12.1 Å². The van der Waals surface area contributed by atoms with Gasteiger partial charge >= 0.3 is 0 Å². The van der Waals surface area contributed by atoms with Crippen LogP contribution in [0.1, 0.15) is 16.7 Å². The van der Waals surface area contributed by atoms with Crippen molar-refractivity contribution in [2.45, 2.75) is 20.4 Å². The van der Waals surface area contributed by atoms with Gasteiger partial charge in [-0.3, -0.25) is 0 Å². The van der Waals surface area contributed by atoms with E-state index in [2.05, 4.69) is 10.0 Å². The second-order valence-corrected chi connectivity index (χ2v) is 6.63. The van der Waals surface area contributed by atoms with Gasteiger partial charge in [0.2, 0.25) is 10.0 Å². The molecule has 2 N–H and O–H groups in total. The Bertz CT molecular complexity index is 492. The first-order valence-electron chi connectivity index (χ1n) is 5.70. The molecule has 0 aliphatic heterocycles. The van der Waals surface area contributed by atoms with Gasteiger partial charge in [0.15, 0.2) is 0 Å². The lowest BCUT2D eigenvalue weighted by Crippen LogP contribution is -2.31. The van der Waals surface area contributed by atoms with Gasteiger partial charge in [0, 0.05) is 24.7 Å². The lowest BCUT2D eigenvalue weighted by atomic mass is 10.0. The van der Waals surface area contributed by atoms with Crippen molar-refractivity contribution in [2.24, 2.45) is 0 Å². The molecule has 0 bridgehead atoms. The van der Waals surface area contributed by atoms with Crippen molar-refractivity contribution in [3.8, 4) is 0 Å². The van der Waals surface area contributed by atoms with Gasteiger partial charge in [-0.15, -0.1) is 0 Å². The molecule has 0 aliphatic carbocycles. The zero-order valence-corrected chi connectivity index (χ0v) is 12.5. The summed E-state index contributed by atoms with van der Waals surface area (Å²) in [6.45, 7) is 5.73. The molecule has 1 rings (SSSR count). The lowest BCUT2D eigenvalue weighted by Gasteiger charge is -2.11. The molecule has 0 fully saturated rings. The first kappa shape index (κ1) is 15.4. The van der Waals surface area contributed by atoms with E-state index in [9.17, 15) is 8.42 Å². The zero-order valence-electron chi connectivity index (χ0n) is 10.9. The van der Waals surface area contributed by atoms with Crippen molar-refractivity contribution < 1.29 is 8.42 Å². The Hall–Kier alpha value is -0.620. The maximum absolute atomic E-state index is 10.9. The second kappa shape index (κ2) is 6.52. The summed E-state index contributed by atoms with van der Waals surface area (Å²) >= 11 is 5.96. The third-order valence-corrected chi connectivity index (χ3v) is 3.58. The maximum Gasteiger partial charge on any atom is 0.208 e. The molecule has 0 spiro atoms. The van der Waals surface area contributed by atoms with Crippen LogP contribution in [-0.4, -0.2) is 27.8 Å². The van der Waals surface area contributed by atoms with E-state index in [0.29, 0.717) is 19.6 Å². The summed E-state index contributed by atoms with van der Waals surface area (Å²) in [7, 11) is -3.10. The molecule has 4 nitrogen and oxygen atoms in total. The van der Waals surface area contributed by atoms with Crippen LogP contribution in [0.5, 0.6) is 0 Å². The number of nitrogens with one attached hydrogen (secondary N) is 2. The van der Waals surface area contributed by atoms with E-state index in [1.54, 1.807) is 0 Å². The van der Waals surface area contributed by atoms with Gasteiger partial charge in [0.05, 0.1) is 6.26 Å². The monoisotopic (exact) mass is 290 g/mol. The minimum atomic E-state index is -3.10. The second-order valence-electron chi connectivity index (χ2n) is 4.36. The largest absolute Gasteiger partial charge is 0.311 e. The summed E-state index contributed by atoms with van der Waals surface area (Å²) in [6, 6.07) is 3.86. The summed E-state index contributed by atoms with van der Waals surface area (Å²) in [5, 5.41) is 3.95. The van der Waals surface area contributed by atoms with Gasteiger partial charge in [0.1, 0.15) is 0 Å². The number of hydrogen-bond acceptors (Lipinski definition) is 3. The van der Waals surface area contributed by atoms with Crippen molar-refractivity contribution in [3.05, 3.63) is 33.8 Å². The Labute approximate surface area is 114 Å². The van der Waals surface area contributed by atoms with E-state index < -0.39 is 10.0 Å². The van der Waals surface area contributed by atoms with Crippen molar-refractivity contribution in [2.75, 3.05) is 19.3 Å². The quantitative estimate of drug-likeness (QED) is 0.783. The van der Waals surface area contributed by atoms with E-state index in [0.717, 1.165) is 22.4 Å². The van der Waals surface area contributed by atoms with Gasteiger partial charge in [-0.05, 0) is 42.7 Å². The molecule has 0 amide bonds. The zero-order chi connectivity index (χ0) is 13.8. The van der Waals surface area contributed by atoms with E-state index in [4.69, 9.17) is 11.6 Å². The highest BCUT2D eigenvalue weighted by atomic mass is 35.5. The SMILES string of the molecule is Cc1cc(Cl)cc(C)c1CNCCNS(C)(=O)=O. The molecule has 6 heteroatoms. The van der Waals surface area contributed by atoms with Crippen molar-refractivity contribution >= 4 is 21.6 Å². The number of halogens is 1. The van der Waals surface area contributed by atoms with Crippen molar-refractivity contribution in [3.63, 3.8) is 0 Å². The minimum Gasteiger partial charge on any atom is -0.311 e. The molecule has 0 aromatic heterocycles. The van der Waals surface area contributed by atoms with E-state index >= 15 is 0 Å². The highest BCUT2D eigenvalue weighted by Gasteiger charge is 2.04. The van der Waals surface area contributed by atoms with Gasteiger partial charge < -0.3 is 5.32 Å². The van der Waals surface area contributed by atoms with Gasteiger partial charge in [-0.2, -0.15) is 0 Å². The average Bonchev–Trinajstić information content (AvgIpc) is 2.19. The fraction of sp³-hybridized carbons (Fsp3) is 0.500. The van der Waals surface area contributed by atoms with Crippen LogP contribution in [0.4, 0.5) is 0 Å². The lowest BCUT2D eigenvalue weighted by molar-refractivity contribution is 0.581. The Balaban J connectivity index is 2.45. The van der Waals surface area contributed by atoms with Gasteiger partial charge in [-0.25, -0.2) is 13.1 Å². The first-order valence-corrected chi connectivity index (χ1v) is 7.97. The molecular formula is C12H19ClN2O2S. The molecule has 1 aromatic rings. The molecule has 0 atom stereocenters. The highest BCUT2D eigenvalue weighted by Crippen LogP contribution is 2.19. The smallest absolute Gasteiger partial charge is 0.208 e. The molecule has 1 aromatic carbocycles. The Morgan fingerprint density at radius 2 is 1.72 bits per heavy atom. The predicted octanol–water partition coefficient (Wildman–Crippen LogP) is 1.60.